The highest BCUT2D eigenvalue weighted by Gasteiger charge is 2.38. The van der Waals surface area contributed by atoms with E-state index >= 15 is 0 Å². The van der Waals surface area contributed by atoms with Crippen LogP contribution in [0.4, 0.5) is 13.2 Å². The monoisotopic (exact) mass is 452 g/mol. The number of hydrogen-bond acceptors (Lipinski definition) is 7. The highest BCUT2D eigenvalue weighted by atomic mass is 19.4. The van der Waals surface area contributed by atoms with Gasteiger partial charge >= 0.3 is 12.1 Å². The number of rotatable bonds is 4. The van der Waals surface area contributed by atoms with Crippen molar-refractivity contribution in [2.45, 2.75) is 31.2 Å². The van der Waals surface area contributed by atoms with Crippen LogP contribution in [-0.2, 0) is 16.1 Å². The zero-order valence-electron chi connectivity index (χ0n) is 16.8. The first-order chi connectivity index (χ1) is 15.1. The molecule has 4 heterocycles. The second-order valence-electron chi connectivity index (χ2n) is 7.14. The van der Waals surface area contributed by atoms with Crippen LogP contribution in [0.1, 0.15) is 28.0 Å². The van der Waals surface area contributed by atoms with E-state index in [1.807, 2.05) is 11.0 Å². The summed E-state index contributed by atoms with van der Waals surface area (Å²) in [6.07, 6.45) is -0.801. The molecule has 0 aromatic carbocycles. The lowest BCUT2D eigenvalue weighted by Crippen LogP contribution is -2.36. The number of aliphatic carboxylic acids is 1. The van der Waals surface area contributed by atoms with Gasteiger partial charge in [-0.1, -0.05) is 0 Å². The number of nitriles is 1. The highest BCUT2D eigenvalue weighted by Crippen LogP contribution is 2.28. The fourth-order valence-corrected chi connectivity index (χ4v) is 3.50. The van der Waals surface area contributed by atoms with E-state index in [1.54, 1.807) is 31.6 Å². The maximum Gasteiger partial charge on any atom is 0.490 e. The third-order valence-electron chi connectivity index (χ3n) is 4.99. The molecule has 2 N–H and O–H groups in total. The Hall–Kier alpha value is -3.50. The zero-order valence-corrected chi connectivity index (χ0v) is 16.8. The molecule has 2 aliphatic heterocycles. The molecule has 1 amide bonds. The van der Waals surface area contributed by atoms with Crippen molar-refractivity contribution in [2.24, 2.45) is 0 Å². The smallest absolute Gasteiger partial charge is 0.475 e. The Morgan fingerprint density at radius 3 is 2.78 bits per heavy atom. The Labute approximate surface area is 180 Å². The number of aromatic nitrogens is 3. The van der Waals surface area contributed by atoms with Gasteiger partial charge in [0, 0.05) is 55.8 Å². The largest absolute Gasteiger partial charge is 0.490 e. The van der Waals surface area contributed by atoms with Crippen LogP contribution in [0.5, 0.6) is 0 Å². The van der Waals surface area contributed by atoms with Crippen molar-refractivity contribution in [3.63, 3.8) is 0 Å². The summed E-state index contributed by atoms with van der Waals surface area (Å²) in [5.74, 6) is -2.19. The number of methoxy groups -OCH3 is 1. The normalized spacial score (nSPS) is 19.8. The molecule has 2 atom stereocenters. The lowest BCUT2D eigenvalue weighted by Gasteiger charge is -2.23. The first-order valence-electron chi connectivity index (χ1n) is 9.42. The van der Waals surface area contributed by atoms with Gasteiger partial charge in [0.1, 0.15) is 6.07 Å². The predicted octanol–water partition coefficient (Wildman–Crippen LogP) is 1.10. The summed E-state index contributed by atoms with van der Waals surface area (Å²) in [5, 5.41) is 23.5. The average Bonchev–Trinajstić information content (AvgIpc) is 3.47. The third kappa shape index (κ3) is 5.04. The van der Waals surface area contributed by atoms with Crippen molar-refractivity contribution in [3.8, 4) is 11.9 Å². The molecular weight excluding hydrogens is 433 g/mol. The molecule has 0 radical (unpaired) electrons. The number of ether oxygens (including phenoxy) is 1. The lowest BCUT2D eigenvalue weighted by molar-refractivity contribution is -0.192. The van der Waals surface area contributed by atoms with Crippen LogP contribution in [0.15, 0.2) is 24.5 Å². The van der Waals surface area contributed by atoms with Gasteiger partial charge < -0.3 is 20.1 Å². The van der Waals surface area contributed by atoms with E-state index in [4.69, 9.17) is 19.9 Å². The number of nitrogens with zero attached hydrogens (tertiary/aromatic N) is 5. The lowest BCUT2D eigenvalue weighted by atomic mass is 10.1. The van der Waals surface area contributed by atoms with Crippen molar-refractivity contribution in [3.05, 3.63) is 41.3 Å². The van der Waals surface area contributed by atoms with Crippen LogP contribution in [0, 0.1) is 11.3 Å². The van der Waals surface area contributed by atoms with Crippen molar-refractivity contribution < 1.29 is 32.6 Å². The zero-order chi connectivity index (χ0) is 23.5. The van der Waals surface area contributed by atoms with Crippen molar-refractivity contribution in [2.75, 3.05) is 20.3 Å². The van der Waals surface area contributed by atoms with Gasteiger partial charge in [0.2, 0.25) is 0 Å². The van der Waals surface area contributed by atoms with Gasteiger partial charge in [0.15, 0.2) is 11.5 Å². The van der Waals surface area contributed by atoms with Crippen molar-refractivity contribution in [1.82, 2.24) is 25.0 Å². The van der Waals surface area contributed by atoms with Crippen molar-refractivity contribution in [1.29, 1.82) is 5.26 Å². The summed E-state index contributed by atoms with van der Waals surface area (Å²) < 4.78 is 38.4. The summed E-state index contributed by atoms with van der Waals surface area (Å²) >= 11 is 0. The van der Waals surface area contributed by atoms with Crippen LogP contribution >= 0.6 is 0 Å². The maximum absolute atomic E-state index is 12.9. The van der Waals surface area contributed by atoms with Gasteiger partial charge in [-0.3, -0.25) is 4.79 Å². The van der Waals surface area contributed by atoms with E-state index in [-0.39, 0.29) is 18.0 Å². The molecule has 1 saturated heterocycles. The summed E-state index contributed by atoms with van der Waals surface area (Å²) in [4.78, 5) is 28.0. The third-order valence-corrected chi connectivity index (χ3v) is 4.99. The Balaban J connectivity index is 0.000000360. The molecule has 0 unspecified atom stereocenters. The van der Waals surface area contributed by atoms with E-state index in [0.717, 1.165) is 18.5 Å². The standard InChI is InChI=1S/C17H18N6O2.C2HF3O2/c1-25-10-13-4-14(8-19-13)22-9-11-7-20-16(5-15(11)17(22)24)23-3-2-12(6-18)21-23;3-2(4,5)1(6)7/h2-3,5,7,13-14,19H,4,8-10H2,1H3;(H,6,7)/t13-,14+;/m0./s1. The maximum atomic E-state index is 12.9. The molecule has 13 heteroatoms. The van der Waals surface area contributed by atoms with Gasteiger partial charge in [0.25, 0.3) is 5.91 Å². The fraction of sp³-hybridized carbons (Fsp3) is 0.421. The molecule has 2 aromatic heterocycles. The van der Waals surface area contributed by atoms with Crippen LogP contribution in [0.25, 0.3) is 5.82 Å². The number of fused-ring (bicyclic) bond motifs is 1. The first kappa shape index (κ1) is 23.2. The van der Waals surface area contributed by atoms with Crippen molar-refractivity contribution >= 4 is 11.9 Å². The highest BCUT2D eigenvalue weighted by molar-refractivity contribution is 5.98. The number of alkyl halides is 3. The number of carbonyl (C=O) groups excluding carboxylic acids is 1. The Kier molecular flexibility index (Phi) is 6.75. The quantitative estimate of drug-likeness (QED) is 0.705. The predicted molar refractivity (Wildman–Crippen MR) is 102 cm³/mol. The number of halogens is 3. The minimum Gasteiger partial charge on any atom is -0.475 e. The van der Waals surface area contributed by atoms with Crippen LogP contribution in [-0.4, -0.2) is 75.2 Å². The van der Waals surface area contributed by atoms with Gasteiger partial charge in [0.05, 0.1) is 6.61 Å². The molecule has 0 spiro atoms. The average molecular weight is 452 g/mol. The van der Waals surface area contributed by atoms with Crippen LogP contribution in [0.2, 0.25) is 0 Å². The summed E-state index contributed by atoms with van der Waals surface area (Å²) in [5.41, 5.74) is 1.90. The molecule has 10 nitrogen and oxygen atoms in total. The summed E-state index contributed by atoms with van der Waals surface area (Å²) in [7, 11) is 1.69. The number of carboxylic acids is 1. The van der Waals surface area contributed by atoms with E-state index in [1.165, 1.54) is 4.68 Å². The second-order valence-corrected chi connectivity index (χ2v) is 7.14. The van der Waals surface area contributed by atoms with Gasteiger partial charge in [-0.15, -0.1) is 0 Å². The number of amides is 1. The second kappa shape index (κ2) is 9.33. The van der Waals surface area contributed by atoms with E-state index in [9.17, 15) is 18.0 Å². The van der Waals surface area contributed by atoms with Gasteiger partial charge in [-0.25, -0.2) is 14.5 Å². The molecular formula is C19H19F3N6O4. The molecule has 2 aliphatic rings. The minimum absolute atomic E-state index is 0.0242. The number of hydrogen-bond donors (Lipinski definition) is 2. The number of nitrogens with one attached hydrogen (secondary N) is 1. The Morgan fingerprint density at radius 1 is 1.47 bits per heavy atom. The molecule has 4 rings (SSSR count). The molecule has 170 valence electrons. The first-order valence-corrected chi connectivity index (χ1v) is 9.42. The van der Waals surface area contributed by atoms with Gasteiger partial charge in [-0.05, 0) is 18.6 Å². The van der Waals surface area contributed by atoms with E-state index < -0.39 is 12.1 Å². The molecule has 2 aromatic rings. The molecule has 32 heavy (non-hydrogen) atoms. The summed E-state index contributed by atoms with van der Waals surface area (Å²) in [6, 6.07) is 5.80. The molecule has 0 bridgehead atoms. The molecule has 0 aliphatic carbocycles. The molecule has 1 fully saturated rings. The fourth-order valence-electron chi connectivity index (χ4n) is 3.50. The van der Waals surface area contributed by atoms with Crippen LogP contribution < -0.4 is 5.32 Å². The number of carboxylic acid groups (broad SMARTS) is 1. The number of carbonyl (C=O) groups is 2. The molecule has 0 saturated carbocycles. The Bertz CT molecular complexity index is 1050. The minimum atomic E-state index is -5.08. The van der Waals surface area contributed by atoms with Gasteiger partial charge in [-0.2, -0.15) is 23.5 Å². The SMILES string of the molecule is COC[C@@H]1C[C@@H](N2Cc3cnc(-n4ccc(C#N)n4)cc3C2=O)CN1.O=C(O)C(F)(F)F. The van der Waals surface area contributed by atoms with E-state index in [0.29, 0.717) is 30.2 Å². The Morgan fingerprint density at radius 2 is 2.19 bits per heavy atom. The summed E-state index contributed by atoms with van der Waals surface area (Å²) in [6.45, 7) is 2.01. The van der Waals surface area contributed by atoms with E-state index in [2.05, 4.69) is 15.4 Å². The van der Waals surface area contributed by atoms with Crippen LogP contribution in [0.3, 0.4) is 0 Å². The number of pyridine rings is 1. The topological polar surface area (TPSA) is 133 Å².